The van der Waals surface area contributed by atoms with Gasteiger partial charge >= 0.3 is 0 Å². The number of hydrogen-bond donors (Lipinski definition) is 1. The van der Waals surface area contributed by atoms with E-state index in [2.05, 4.69) is 80.4 Å². The summed E-state index contributed by atoms with van der Waals surface area (Å²) in [4.78, 5) is 1.77. The molecule has 3 heteroatoms. The van der Waals surface area contributed by atoms with Crippen molar-refractivity contribution in [1.82, 2.24) is 6.15 Å². The minimum absolute atomic E-state index is 0. The van der Waals surface area contributed by atoms with E-state index >= 15 is 0 Å². The zero-order valence-electron chi connectivity index (χ0n) is 15.1. The van der Waals surface area contributed by atoms with Crippen LogP contribution in [0, 0.1) is 0 Å². The van der Waals surface area contributed by atoms with Crippen LogP contribution in [0.15, 0.2) is 23.6 Å². The monoisotopic (exact) mass is 299 g/mol. The van der Waals surface area contributed by atoms with E-state index in [-0.39, 0.29) is 6.15 Å². The van der Waals surface area contributed by atoms with Crippen LogP contribution >= 0.6 is 0 Å². The van der Waals surface area contributed by atoms with Crippen LogP contribution < -0.4 is 6.15 Å². The van der Waals surface area contributed by atoms with Crippen LogP contribution in [0.5, 0.6) is 0 Å². The highest BCUT2D eigenvalue weighted by atomic mass is 28.4. The Morgan fingerprint density at radius 2 is 1.05 bits per heavy atom. The fourth-order valence-electron chi connectivity index (χ4n) is 2.12. The molecular formula is C16H37NSi2. The van der Waals surface area contributed by atoms with Gasteiger partial charge in [-0.15, -0.1) is 0 Å². The van der Waals surface area contributed by atoms with Crippen LogP contribution in [-0.4, -0.2) is 16.1 Å². The third-order valence-electron chi connectivity index (χ3n) is 5.38. The van der Waals surface area contributed by atoms with E-state index in [0.717, 1.165) is 0 Å². The smallest absolute Gasteiger partial charge is 0.0765 e. The first-order valence-electron chi connectivity index (χ1n) is 7.03. The molecule has 0 aromatic heterocycles. The lowest BCUT2D eigenvalue weighted by Gasteiger charge is -2.49. The average Bonchev–Trinajstić information content (AvgIpc) is 2.09. The maximum absolute atomic E-state index is 3.96. The topological polar surface area (TPSA) is 35.0 Å². The molecule has 0 spiro atoms. The zero-order valence-corrected chi connectivity index (χ0v) is 17.1. The van der Waals surface area contributed by atoms with E-state index < -0.39 is 16.1 Å². The van der Waals surface area contributed by atoms with Crippen LogP contribution in [0.25, 0.3) is 0 Å². The second-order valence-corrected chi connectivity index (χ2v) is 19.6. The molecule has 0 saturated carbocycles. The first-order valence-corrected chi connectivity index (χ1v) is 13.0. The molecule has 3 N–H and O–H groups in total. The molecule has 0 heterocycles. The van der Waals surface area contributed by atoms with Crippen molar-refractivity contribution in [2.24, 2.45) is 0 Å². The van der Waals surface area contributed by atoms with Gasteiger partial charge in [0.25, 0.3) is 0 Å². The number of hydrogen-bond acceptors (Lipinski definition) is 1. The van der Waals surface area contributed by atoms with Crippen molar-refractivity contribution < 1.29 is 0 Å². The van der Waals surface area contributed by atoms with E-state index in [1.807, 2.05) is 6.08 Å². The van der Waals surface area contributed by atoms with Gasteiger partial charge in [-0.1, -0.05) is 91.3 Å². The molecule has 0 fully saturated rings. The lowest BCUT2D eigenvalue weighted by molar-refractivity contribution is 0.713. The molecule has 0 aliphatic heterocycles. The molecule has 19 heavy (non-hydrogen) atoms. The summed E-state index contributed by atoms with van der Waals surface area (Å²) < 4.78 is 0. The molecular weight excluding hydrogens is 262 g/mol. The Hall–Kier alpha value is -0.126. The Labute approximate surface area is 124 Å². The first-order chi connectivity index (χ1) is 7.69. The predicted molar refractivity (Wildman–Crippen MR) is 97.7 cm³/mol. The highest BCUT2D eigenvalue weighted by molar-refractivity contribution is 7.07. The molecule has 0 aliphatic carbocycles. The number of allylic oxidation sites excluding steroid dienone is 2. The summed E-state index contributed by atoms with van der Waals surface area (Å²) in [6, 6.07) is 0. The summed E-state index contributed by atoms with van der Waals surface area (Å²) >= 11 is 0. The summed E-state index contributed by atoms with van der Waals surface area (Å²) in [6.45, 7) is 28.5. The van der Waals surface area contributed by atoms with Crippen LogP contribution in [-0.2, 0) is 0 Å². The van der Waals surface area contributed by atoms with E-state index in [4.69, 9.17) is 0 Å². The lowest BCUT2D eigenvalue weighted by atomic mass is 10.2. The summed E-state index contributed by atoms with van der Waals surface area (Å²) in [5, 5.41) is 0.800. The van der Waals surface area contributed by atoms with Gasteiger partial charge in [0.05, 0.1) is 16.1 Å². The van der Waals surface area contributed by atoms with Crippen molar-refractivity contribution in [3.05, 3.63) is 23.6 Å². The quantitative estimate of drug-likeness (QED) is 0.478. The van der Waals surface area contributed by atoms with Gasteiger partial charge in [-0.05, 0) is 10.1 Å². The summed E-state index contributed by atoms with van der Waals surface area (Å²) in [6.07, 6.45) is 4.37. The summed E-state index contributed by atoms with van der Waals surface area (Å²) in [5.74, 6) is 0. The summed E-state index contributed by atoms with van der Waals surface area (Å²) in [5.41, 5.74) is 0. The fraction of sp³-hybridized carbons (Fsp3) is 0.750. The molecule has 0 aliphatic rings. The molecule has 0 aromatic carbocycles. The predicted octanol–water partition coefficient (Wildman–Crippen LogP) is 6.36. The molecule has 0 saturated heterocycles. The van der Waals surface area contributed by atoms with Gasteiger partial charge in [-0.3, -0.25) is 0 Å². The Kier molecular flexibility index (Phi) is 6.80. The zero-order chi connectivity index (χ0) is 15.0. The standard InChI is InChI=1S/C16H34Si2.H3N/c1-12-13-14(17(8,9)15(2,3)4)18(10,11)16(5,6)7;/h12-13H,1H2,2-11H3;1H3. The average molecular weight is 300 g/mol. The molecule has 0 unspecified atom stereocenters. The molecule has 114 valence electrons. The molecule has 1 nitrogen and oxygen atoms in total. The largest absolute Gasteiger partial charge is 0.344 e. The second kappa shape index (κ2) is 6.10. The van der Waals surface area contributed by atoms with Crippen LogP contribution in [0.4, 0.5) is 0 Å². The third kappa shape index (κ3) is 4.17. The van der Waals surface area contributed by atoms with Crippen LogP contribution in [0.3, 0.4) is 0 Å². The van der Waals surface area contributed by atoms with Crippen molar-refractivity contribution in [3.8, 4) is 0 Å². The van der Waals surface area contributed by atoms with Crippen molar-refractivity contribution in [3.63, 3.8) is 0 Å². The molecule has 0 atom stereocenters. The third-order valence-corrected chi connectivity index (χ3v) is 19.7. The van der Waals surface area contributed by atoms with E-state index in [0.29, 0.717) is 10.1 Å². The minimum Gasteiger partial charge on any atom is -0.344 e. The maximum Gasteiger partial charge on any atom is 0.0765 e. The lowest BCUT2D eigenvalue weighted by Crippen LogP contribution is -2.53. The molecule has 0 amide bonds. The van der Waals surface area contributed by atoms with E-state index in [1.165, 1.54) is 0 Å². The Morgan fingerprint density at radius 1 is 0.789 bits per heavy atom. The van der Waals surface area contributed by atoms with Gasteiger partial charge in [0.1, 0.15) is 0 Å². The van der Waals surface area contributed by atoms with Crippen molar-refractivity contribution in [1.29, 1.82) is 0 Å². The molecule has 0 bridgehead atoms. The summed E-state index contributed by atoms with van der Waals surface area (Å²) in [7, 11) is -2.90. The maximum atomic E-state index is 3.96. The van der Waals surface area contributed by atoms with Crippen LogP contribution in [0.1, 0.15) is 41.5 Å². The first kappa shape index (κ1) is 21.2. The van der Waals surface area contributed by atoms with Gasteiger partial charge in [0.15, 0.2) is 0 Å². The van der Waals surface area contributed by atoms with E-state index in [1.54, 1.807) is 4.82 Å². The van der Waals surface area contributed by atoms with E-state index in [9.17, 15) is 0 Å². The minimum atomic E-state index is -1.45. The molecule has 0 radical (unpaired) electrons. The van der Waals surface area contributed by atoms with Gasteiger partial charge in [0.2, 0.25) is 0 Å². The Bertz CT molecular complexity index is 311. The van der Waals surface area contributed by atoms with Crippen molar-refractivity contribution in [2.45, 2.75) is 77.8 Å². The fourth-order valence-corrected chi connectivity index (χ4v) is 13.3. The highest BCUT2D eigenvalue weighted by Crippen LogP contribution is 2.49. The van der Waals surface area contributed by atoms with Crippen molar-refractivity contribution in [2.75, 3.05) is 0 Å². The van der Waals surface area contributed by atoms with Gasteiger partial charge in [0, 0.05) is 0 Å². The molecule has 0 rings (SSSR count). The molecule has 0 aromatic rings. The SMILES string of the molecule is C=CC=C([Si](C)(C)C(C)(C)C)[Si](C)(C)C(C)(C)C.N. The highest BCUT2D eigenvalue weighted by Gasteiger charge is 2.48. The Morgan fingerprint density at radius 3 is 1.21 bits per heavy atom. The van der Waals surface area contributed by atoms with Crippen LogP contribution in [0.2, 0.25) is 36.3 Å². The normalized spacial score (nSPS) is 13.6. The second-order valence-electron chi connectivity index (χ2n) is 8.57. The van der Waals surface area contributed by atoms with Crippen molar-refractivity contribution >= 4 is 16.1 Å². The number of rotatable bonds is 3. The van der Waals surface area contributed by atoms with Gasteiger partial charge < -0.3 is 6.15 Å². The van der Waals surface area contributed by atoms with Gasteiger partial charge in [-0.25, -0.2) is 0 Å². The van der Waals surface area contributed by atoms with Gasteiger partial charge in [-0.2, -0.15) is 0 Å². The Balaban J connectivity index is 0.